The zero-order valence-corrected chi connectivity index (χ0v) is 8.12. The lowest BCUT2D eigenvalue weighted by Gasteiger charge is -2.11. The van der Waals surface area contributed by atoms with Crippen molar-refractivity contribution >= 4 is 0 Å². The van der Waals surface area contributed by atoms with Crippen LogP contribution in [-0.2, 0) is 13.0 Å². The lowest BCUT2D eigenvalue weighted by Crippen LogP contribution is -2.19. The zero-order valence-electron chi connectivity index (χ0n) is 8.12. The van der Waals surface area contributed by atoms with E-state index in [4.69, 9.17) is 0 Å². The molecule has 1 heterocycles. The van der Waals surface area contributed by atoms with Gasteiger partial charge in [-0.1, -0.05) is 6.92 Å². The molecule has 0 amide bonds. The fraction of sp³-hybridized carbons (Fsp3) is 0.667. The fourth-order valence-electron chi connectivity index (χ4n) is 1.17. The highest BCUT2D eigenvalue weighted by Gasteiger charge is 1.99. The molecule has 0 saturated carbocycles. The van der Waals surface area contributed by atoms with Crippen molar-refractivity contribution in [2.24, 2.45) is 0 Å². The molecular formula is C9H17N3. The van der Waals surface area contributed by atoms with Gasteiger partial charge >= 0.3 is 0 Å². The Morgan fingerprint density at radius 3 is 2.83 bits per heavy atom. The van der Waals surface area contributed by atoms with Crippen molar-refractivity contribution in [3.8, 4) is 0 Å². The Balaban J connectivity index is 2.50. The van der Waals surface area contributed by atoms with Gasteiger partial charge in [0.2, 0.25) is 0 Å². The average Bonchev–Trinajstić information content (AvgIpc) is 2.47. The van der Waals surface area contributed by atoms with Crippen LogP contribution in [0, 0.1) is 0 Å². The number of nitrogens with zero attached hydrogens (tertiary/aromatic N) is 3. The molecule has 0 saturated heterocycles. The molecule has 0 unspecified atom stereocenters. The summed E-state index contributed by atoms with van der Waals surface area (Å²) in [5.74, 6) is 1.18. The number of hydrogen-bond donors (Lipinski definition) is 0. The predicted molar refractivity (Wildman–Crippen MR) is 50.2 cm³/mol. The number of aryl methyl sites for hydroxylation is 1. The number of likely N-dealkylation sites (N-methyl/N-ethyl adjacent to an activating group) is 1. The minimum Gasteiger partial charge on any atom is -0.334 e. The highest BCUT2D eigenvalue weighted by Crippen LogP contribution is 1.97. The summed E-state index contributed by atoms with van der Waals surface area (Å²) in [7, 11) is 4.17. The van der Waals surface area contributed by atoms with E-state index in [1.807, 2.05) is 12.4 Å². The Kier molecular flexibility index (Phi) is 3.29. The van der Waals surface area contributed by atoms with Gasteiger partial charge in [0, 0.05) is 31.9 Å². The summed E-state index contributed by atoms with van der Waals surface area (Å²) in [6, 6.07) is 0. The molecule has 12 heavy (non-hydrogen) atoms. The quantitative estimate of drug-likeness (QED) is 0.667. The van der Waals surface area contributed by atoms with Gasteiger partial charge in [0.1, 0.15) is 5.82 Å². The largest absolute Gasteiger partial charge is 0.334 e. The normalized spacial score (nSPS) is 11.0. The lowest BCUT2D eigenvalue weighted by molar-refractivity contribution is 0.381. The molecule has 0 fully saturated rings. The van der Waals surface area contributed by atoms with E-state index in [0.717, 1.165) is 19.5 Å². The van der Waals surface area contributed by atoms with Crippen LogP contribution in [0.3, 0.4) is 0 Å². The Hall–Kier alpha value is -0.830. The molecule has 0 radical (unpaired) electrons. The van der Waals surface area contributed by atoms with Crippen molar-refractivity contribution in [2.45, 2.75) is 19.9 Å². The number of imidazole rings is 1. The maximum atomic E-state index is 4.26. The molecule has 68 valence electrons. The molecule has 3 nitrogen and oxygen atoms in total. The van der Waals surface area contributed by atoms with Crippen LogP contribution in [-0.4, -0.2) is 35.1 Å². The highest BCUT2D eigenvalue weighted by atomic mass is 15.1. The first-order valence-electron chi connectivity index (χ1n) is 4.38. The van der Waals surface area contributed by atoms with Gasteiger partial charge in [0.25, 0.3) is 0 Å². The first-order valence-corrected chi connectivity index (χ1v) is 4.38. The summed E-state index contributed by atoms with van der Waals surface area (Å²) in [5, 5.41) is 0. The molecule has 0 aromatic carbocycles. The van der Waals surface area contributed by atoms with Crippen LogP contribution in [0.15, 0.2) is 12.4 Å². The van der Waals surface area contributed by atoms with Gasteiger partial charge in [-0.2, -0.15) is 0 Å². The average molecular weight is 167 g/mol. The summed E-state index contributed by atoms with van der Waals surface area (Å²) >= 11 is 0. The van der Waals surface area contributed by atoms with Crippen LogP contribution in [0.25, 0.3) is 0 Å². The van der Waals surface area contributed by atoms with Gasteiger partial charge in [0.05, 0.1) is 0 Å². The number of aromatic nitrogens is 2. The summed E-state index contributed by atoms with van der Waals surface area (Å²) < 4.78 is 2.21. The van der Waals surface area contributed by atoms with E-state index in [-0.39, 0.29) is 0 Å². The second-order valence-corrected chi connectivity index (χ2v) is 3.19. The first kappa shape index (κ1) is 9.26. The standard InChI is InChI=1S/C9H17N3/c1-4-9-10-5-6-12(9)8-7-11(2)3/h5-6H,4,7-8H2,1-3H3. The Bertz CT molecular complexity index is 227. The van der Waals surface area contributed by atoms with Gasteiger partial charge < -0.3 is 9.47 Å². The molecule has 1 aromatic rings. The number of rotatable bonds is 4. The van der Waals surface area contributed by atoms with Gasteiger partial charge in [-0.25, -0.2) is 4.98 Å². The lowest BCUT2D eigenvalue weighted by atomic mass is 10.4. The molecule has 0 aliphatic rings. The van der Waals surface area contributed by atoms with Crippen LogP contribution in [0.1, 0.15) is 12.7 Å². The van der Waals surface area contributed by atoms with Gasteiger partial charge in [-0.05, 0) is 14.1 Å². The monoisotopic (exact) mass is 167 g/mol. The molecule has 0 N–H and O–H groups in total. The molecule has 3 heteroatoms. The Morgan fingerprint density at radius 2 is 2.25 bits per heavy atom. The van der Waals surface area contributed by atoms with Crippen molar-refractivity contribution in [1.29, 1.82) is 0 Å². The molecule has 0 spiro atoms. The van der Waals surface area contributed by atoms with Crippen molar-refractivity contribution in [1.82, 2.24) is 14.5 Å². The molecule has 0 atom stereocenters. The van der Waals surface area contributed by atoms with Crippen molar-refractivity contribution in [3.05, 3.63) is 18.2 Å². The van der Waals surface area contributed by atoms with E-state index in [1.54, 1.807) is 0 Å². The third-order valence-electron chi connectivity index (χ3n) is 1.91. The smallest absolute Gasteiger partial charge is 0.108 e. The van der Waals surface area contributed by atoms with E-state index in [2.05, 4.69) is 35.5 Å². The predicted octanol–water partition coefficient (Wildman–Crippen LogP) is 1.01. The molecule has 1 aromatic heterocycles. The third kappa shape index (κ3) is 2.34. The zero-order chi connectivity index (χ0) is 8.97. The van der Waals surface area contributed by atoms with Crippen LogP contribution in [0.5, 0.6) is 0 Å². The second-order valence-electron chi connectivity index (χ2n) is 3.19. The summed E-state index contributed by atoms with van der Waals surface area (Å²) in [6.07, 6.45) is 4.93. The van der Waals surface area contributed by atoms with Crippen LogP contribution >= 0.6 is 0 Å². The van der Waals surface area contributed by atoms with Crippen molar-refractivity contribution in [2.75, 3.05) is 20.6 Å². The molecule has 0 aliphatic heterocycles. The molecule has 0 bridgehead atoms. The maximum Gasteiger partial charge on any atom is 0.108 e. The van der Waals surface area contributed by atoms with Crippen LogP contribution in [0.2, 0.25) is 0 Å². The van der Waals surface area contributed by atoms with Crippen molar-refractivity contribution < 1.29 is 0 Å². The number of hydrogen-bond acceptors (Lipinski definition) is 2. The minimum absolute atomic E-state index is 1.01. The van der Waals surface area contributed by atoms with Crippen LogP contribution < -0.4 is 0 Å². The maximum absolute atomic E-state index is 4.26. The second kappa shape index (κ2) is 4.26. The summed E-state index contributed by atoms with van der Waals surface area (Å²) in [6.45, 7) is 4.24. The highest BCUT2D eigenvalue weighted by molar-refractivity contribution is 4.91. The topological polar surface area (TPSA) is 21.1 Å². The molecule has 0 aliphatic carbocycles. The SMILES string of the molecule is CCc1nccn1CCN(C)C. The molecular weight excluding hydrogens is 150 g/mol. The van der Waals surface area contributed by atoms with Crippen molar-refractivity contribution in [3.63, 3.8) is 0 Å². The van der Waals surface area contributed by atoms with E-state index in [1.165, 1.54) is 5.82 Å². The van der Waals surface area contributed by atoms with E-state index in [9.17, 15) is 0 Å². The molecule has 1 rings (SSSR count). The van der Waals surface area contributed by atoms with E-state index < -0.39 is 0 Å². The first-order chi connectivity index (χ1) is 5.74. The Labute approximate surface area is 74.0 Å². The fourth-order valence-corrected chi connectivity index (χ4v) is 1.17. The van der Waals surface area contributed by atoms with E-state index >= 15 is 0 Å². The van der Waals surface area contributed by atoms with Gasteiger partial charge in [-0.3, -0.25) is 0 Å². The Morgan fingerprint density at radius 1 is 1.50 bits per heavy atom. The third-order valence-corrected chi connectivity index (χ3v) is 1.91. The minimum atomic E-state index is 1.01. The van der Waals surface area contributed by atoms with Gasteiger partial charge in [0.15, 0.2) is 0 Å². The summed E-state index contributed by atoms with van der Waals surface area (Å²) in [5.41, 5.74) is 0. The van der Waals surface area contributed by atoms with Crippen LogP contribution in [0.4, 0.5) is 0 Å². The van der Waals surface area contributed by atoms with E-state index in [0.29, 0.717) is 0 Å². The van der Waals surface area contributed by atoms with Gasteiger partial charge in [-0.15, -0.1) is 0 Å². The summed E-state index contributed by atoms with van der Waals surface area (Å²) in [4.78, 5) is 6.44.